The molecule has 0 radical (unpaired) electrons. The largest absolute Gasteiger partial charge is 0.224 e. The van der Waals surface area contributed by atoms with Crippen LogP contribution in [0.15, 0.2) is 12.1 Å². The lowest BCUT2D eigenvalue weighted by Gasteiger charge is -2.03. The van der Waals surface area contributed by atoms with Crippen LogP contribution in [0.3, 0.4) is 0 Å². The second-order valence-electron chi connectivity index (χ2n) is 1.81. The Balaban J connectivity index is 3.09. The fraction of sp³-hybridized carbons (Fsp3) is 0.167. The Kier molecular flexibility index (Phi) is 3.62. The minimum atomic E-state index is 0.0206. The first-order chi connectivity index (χ1) is 5.11. The summed E-state index contributed by atoms with van der Waals surface area (Å²) in [7, 11) is 0. The van der Waals surface area contributed by atoms with Gasteiger partial charge in [-0.1, -0.05) is 61.1 Å². The molecule has 0 saturated carbocycles. The number of rotatable bonds is 1. The standard InChI is InChI=1S/C6H3Br2Cl2N/c7-5(8)3-1-2-4(9)11-6(3)10/h1-2,5H. The zero-order valence-corrected chi connectivity index (χ0v) is 9.87. The summed E-state index contributed by atoms with van der Waals surface area (Å²) in [6, 6.07) is 3.50. The predicted molar refractivity (Wildman–Crippen MR) is 54.9 cm³/mol. The number of halogens is 4. The SMILES string of the molecule is Clc1ccc(C(Br)Br)c(Cl)n1. The summed E-state index contributed by atoms with van der Waals surface area (Å²) in [4.78, 5) is 3.87. The summed E-state index contributed by atoms with van der Waals surface area (Å²) >= 11 is 18.0. The van der Waals surface area contributed by atoms with Crippen molar-refractivity contribution in [1.82, 2.24) is 4.98 Å². The number of hydrogen-bond donors (Lipinski definition) is 0. The van der Waals surface area contributed by atoms with Gasteiger partial charge in [0.05, 0.1) is 3.74 Å². The minimum Gasteiger partial charge on any atom is -0.224 e. The van der Waals surface area contributed by atoms with Gasteiger partial charge in [-0.15, -0.1) is 0 Å². The Morgan fingerprint density at radius 3 is 2.36 bits per heavy atom. The first-order valence-electron chi connectivity index (χ1n) is 2.71. The van der Waals surface area contributed by atoms with Gasteiger partial charge in [0.15, 0.2) is 0 Å². The van der Waals surface area contributed by atoms with Crippen LogP contribution in [0.1, 0.15) is 9.30 Å². The molecule has 0 bridgehead atoms. The molecule has 1 aromatic rings. The maximum absolute atomic E-state index is 5.77. The van der Waals surface area contributed by atoms with E-state index in [0.29, 0.717) is 10.3 Å². The summed E-state index contributed by atoms with van der Waals surface area (Å²) in [5, 5.41) is 0.815. The van der Waals surface area contributed by atoms with Gasteiger partial charge in [-0.3, -0.25) is 0 Å². The summed E-state index contributed by atoms with van der Waals surface area (Å²) < 4.78 is 0.0206. The van der Waals surface area contributed by atoms with Crippen LogP contribution < -0.4 is 0 Å². The lowest BCUT2D eigenvalue weighted by atomic mass is 10.3. The first kappa shape index (κ1) is 9.78. The summed E-state index contributed by atoms with van der Waals surface area (Å²) in [5.74, 6) is 0. The molecule has 1 rings (SSSR count). The van der Waals surface area contributed by atoms with E-state index in [9.17, 15) is 0 Å². The van der Waals surface area contributed by atoms with Crippen LogP contribution in [0, 0.1) is 0 Å². The molecule has 60 valence electrons. The molecule has 0 fully saturated rings. The van der Waals surface area contributed by atoms with Crippen LogP contribution in [0.5, 0.6) is 0 Å². The number of nitrogens with zero attached hydrogens (tertiary/aromatic N) is 1. The Labute approximate surface area is 91.4 Å². The van der Waals surface area contributed by atoms with E-state index in [1.54, 1.807) is 6.07 Å². The molecule has 1 nitrogen and oxygen atoms in total. The Morgan fingerprint density at radius 1 is 1.27 bits per heavy atom. The molecule has 0 aliphatic heterocycles. The molecule has 0 aromatic carbocycles. The Morgan fingerprint density at radius 2 is 1.91 bits per heavy atom. The number of alkyl halides is 2. The third kappa shape index (κ3) is 2.58. The van der Waals surface area contributed by atoms with Crippen molar-refractivity contribution in [3.8, 4) is 0 Å². The van der Waals surface area contributed by atoms with Crippen molar-refractivity contribution in [2.75, 3.05) is 0 Å². The van der Waals surface area contributed by atoms with E-state index in [1.807, 2.05) is 6.07 Å². The number of hydrogen-bond acceptors (Lipinski definition) is 1. The van der Waals surface area contributed by atoms with Gasteiger partial charge in [0, 0.05) is 5.56 Å². The second kappa shape index (κ2) is 4.08. The summed E-state index contributed by atoms with van der Waals surface area (Å²) in [6.07, 6.45) is 0. The molecular formula is C6H3Br2Cl2N. The van der Waals surface area contributed by atoms with Crippen molar-refractivity contribution in [2.45, 2.75) is 3.74 Å². The van der Waals surface area contributed by atoms with E-state index in [1.165, 1.54) is 0 Å². The van der Waals surface area contributed by atoms with Gasteiger partial charge in [-0.05, 0) is 6.07 Å². The highest BCUT2D eigenvalue weighted by Gasteiger charge is 2.08. The van der Waals surface area contributed by atoms with Crippen molar-refractivity contribution >= 4 is 55.1 Å². The highest BCUT2D eigenvalue weighted by atomic mass is 79.9. The number of pyridine rings is 1. The average Bonchev–Trinajstić information content (AvgIpc) is 1.85. The van der Waals surface area contributed by atoms with Gasteiger partial charge in [-0.25, -0.2) is 4.98 Å². The molecule has 0 spiro atoms. The molecule has 0 unspecified atom stereocenters. The molecule has 0 N–H and O–H groups in total. The molecule has 1 aromatic heterocycles. The lowest BCUT2D eigenvalue weighted by Crippen LogP contribution is -1.86. The quantitative estimate of drug-likeness (QED) is 0.559. The maximum Gasteiger partial charge on any atom is 0.136 e. The fourth-order valence-corrected chi connectivity index (χ4v) is 2.04. The van der Waals surface area contributed by atoms with Crippen molar-refractivity contribution in [2.24, 2.45) is 0 Å². The van der Waals surface area contributed by atoms with Crippen molar-refractivity contribution in [1.29, 1.82) is 0 Å². The topological polar surface area (TPSA) is 12.9 Å². The van der Waals surface area contributed by atoms with E-state index in [2.05, 4.69) is 36.8 Å². The lowest BCUT2D eigenvalue weighted by molar-refractivity contribution is 1.25. The Hall–Kier alpha value is 0.690. The van der Waals surface area contributed by atoms with Crippen molar-refractivity contribution in [3.05, 3.63) is 28.0 Å². The van der Waals surface area contributed by atoms with Crippen LogP contribution in [0.4, 0.5) is 0 Å². The van der Waals surface area contributed by atoms with Crippen LogP contribution >= 0.6 is 55.1 Å². The van der Waals surface area contributed by atoms with Gasteiger partial charge in [0.1, 0.15) is 10.3 Å². The van der Waals surface area contributed by atoms with Crippen LogP contribution in [-0.2, 0) is 0 Å². The molecular weight excluding hydrogens is 317 g/mol. The van der Waals surface area contributed by atoms with Crippen LogP contribution in [0.2, 0.25) is 10.3 Å². The molecule has 5 heteroatoms. The normalized spacial score (nSPS) is 10.6. The summed E-state index contributed by atoms with van der Waals surface area (Å²) in [5.41, 5.74) is 0.871. The van der Waals surface area contributed by atoms with Gasteiger partial charge in [0.25, 0.3) is 0 Å². The average molecular weight is 320 g/mol. The third-order valence-corrected chi connectivity index (χ3v) is 2.58. The van der Waals surface area contributed by atoms with E-state index < -0.39 is 0 Å². The monoisotopic (exact) mass is 317 g/mol. The molecule has 0 aliphatic rings. The van der Waals surface area contributed by atoms with Gasteiger partial charge in [0.2, 0.25) is 0 Å². The third-order valence-electron chi connectivity index (χ3n) is 1.08. The first-order valence-corrected chi connectivity index (χ1v) is 5.30. The minimum absolute atomic E-state index is 0.0206. The zero-order chi connectivity index (χ0) is 8.43. The van der Waals surface area contributed by atoms with Gasteiger partial charge < -0.3 is 0 Å². The van der Waals surface area contributed by atoms with Crippen LogP contribution in [0.25, 0.3) is 0 Å². The Bertz CT molecular complexity index is 265. The van der Waals surface area contributed by atoms with E-state index in [0.717, 1.165) is 5.56 Å². The number of aromatic nitrogens is 1. The van der Waals surface area contributed by atoms with E-state index in [4.69, 9.17) is 23.2 Å². The predicted octanol–water partition coefficient (Wildman–Crippen LogP) is 4.18. The van der Waals surface area contributed by atoms with Crippen molar-refractivity contribution < 1.29 is 0 Å². The molecule has 11 heavy (non-hydrogen) atoms. The van der Waals surface area contributed by atoms with E-state index >= 15 is 0 Å². The fourth-order valence-electron chi connectivity index (χ4n) is 0.586. The molecule has 0 atom stereocenters. The second-order valence-corrected chi connectivity index (χ2v) is 5.62. The maximum atomic E-state index is 5.77. The van der Waals surface area contributed by atoms with Gasteiger partial charge >= 0.3 is 0 Å². The smallest absolute Gasteiger partial charge is 0.136 e. The van der Waals surface area contributed by atoms with Gasteiger partial charge in [-0.2, -0.15) is 0 Å². The molecule has 0 saturated heterocycles. The van der Waals surface area contributed by atoms with Crippen molar-refractivity contribution in [3.63, 3.8) is 0 Å². The molecule has 0 amide bonds. The van der Waals surface area contributed by atoms with E-state index in [-0.39, 0.29) is 3.74 Å². The van der Waals surface area contributed by atoms with Crippen LogP contribution in [-0.4, -0.2) is 4.98 Å². The molecule has 0 aliphatic carbocycles. The molecule has 1 heterocycles. The summed E-state index contributed by atoms with van der Waals surface area (Å²) in [6.45, 7) is 0. The highest BCUT2D eigenvalue weighted by Crippen LogP contribution is 2.33. The highest BCUT2D eigenvalue weighted by molar-refractivity contribution is 9.24. The zero-order valence-electron chi connectivity index (χ0n) is 5.19.